The molecule has 152 valence electrons. The third kappa shape index (κ3) is 4.38. The second-order valence-electron chi connectivity index (χ2n) is 5.76. The zero-order chi connectivity index (χ0) is 21.0. The van der Waals surface area contributed by atoms with E-state index in [1.807, 2.05) is 11.4 Å². The number of hydrogen-bond donors (Lipinski definition) is 1. The summed E-state index contributed by atoms with van der Waals surface area (Å²) in [4.78, 5) is 17.2. The van der Waals surface area contributed by atoms with E-state index in [0.29, 0.717) is 44.4 Å². The number of nitrogens with zero attached hydrogens (tertiary/aromatic N) is 1. The number of halogens is 1. The number of carbonyl (C=O) groups is 1. The molecule has 9 heteroatoms. The van der Waals surface area contributed by atoms with E-state index in [1.54, 1.807) is 31.4 Å². The Morgan fingerprint density at radius 3 is 2.17 bits per heavy atom. The Balaban J connectivity index is 1.83. The van der Waals surface area contributed by atoms with Gasteiger partial charge in [-0.3, -0.25) is 10.1 Å². The first-order valence-electron chi connectivity index (χ1n) is 8.41. The Kier molecular flexibility index (Phi) is 6.46. The van der Waals surface area contributed by atoms with Crippen LogP contribution in [0.4, 0.5) is 5.13 Å². The van der Waals surface area contributed by atoms with Gasteiger partial charge in [0.1, 0.15) is 5.75 Å². The van der Waals surface area contributed by atoms with E-state index in [9.17, 15) is 4.79 Å². The quantitative estimate of drug-likeness (QED) is 0.578. The first-order chi connectivity index (χ1) is 14.0. The number of rotatable bonds is 7. The van der Waals surface area contributed by atoms with Crippen LogP contribution in [0.25, 0.3) is 11.3 Å². The molecule has 0 saturated carbocycles. The second kappa shape index (κ2) is 9.02. The molecule has 0 saturated heterocycles. The van der Waals surface area contributed by atoms with Crippen LogP contribution in [0, 0.1) is 0 Å². The third-order valence-electron chi connectivity index (χ3n) is 4.10. The molecule has 0 spiro atoms. The number of ether oxygens (including phenoxy) is 4. The summed E-state index contributed by atoms with van der Waals surface area (Å²) in [6.45, 7) is 0. The molecule has 3 aromatic rings. The normalized spacial score (nSPS) is 10.4. The number of methoxy groups -OCH3 is 4. The molecule has 0 aliphatic rings. The van der Waals surface area contributed by atoms with E-state index < -0.39 is 0 Å². The summed E-state index contributed by atoms with van der Waals surface area (Å²) in [5.74, 6) is 1.44. The van der Waals surface area contributed by atoms with Crippen LogP contribution in [0.15, 0.2) is 35.7 Å². The molecule has 29 heavy (non-hydrogen) atoms. The van der Waals surface area contributed by atoms with Gasteiger partial charge in [0, 0.05) is 16.5 Å². The molecule has 0 fully saturated rings. The van der Waals surface area contributed by atoms with Gasteiger partial charge in [0.25, 0.3) is 5.91 Å². The molecule has 7 nitrogen and oxygen atoms in total. The monoisotopic (exact) mass is 434 g/mol. The van der Waals surface area contributed by atoms with Crippen LogP contribution >= 0.6 is 22.9 Å². The molecule has 0 atom stereocenters. The van der Waals surface area contributed by atoms with Crippen molar-refractivity contribution < 1.29 is 23.7 Å². The summed E-state index contributed by atoms with van der Waals surface area (Å²) in [5.41, 5.74) is 1.86. The maximum absolute atomic E-state index is 12.7. The predicted octanol–water partition coefficient (Wildman–Crippen LogP) is 4.75. The van der Waals surface area contributed by atoms with Gasteiger partial charge < -0.3 is 18.9 Å². The van der Waals surface area contributed by atoms with Crippen LogP contribution in [0.5, 0.6) is 23.0 Å². The van der Waals surface area contributed by atoms with Crippen molar-refractivity contribution >= 4 is 34.0 Å². The third-order valence-corrected chi connectivity index (χ3v) is 5.15. The van der Waals surface area contributed by atoms with Crippen molar-refractivity contribution in [2.24, 2.45) is 0 Å². The Hall–Kier alpha value is -2.97. The number of nitrogens with one attached hydrogen (secondary N) is 1. The molecule has 1 N–H and O–H groups in total. The zero-order valence-electron chi connectivity index (χ0n) is 16.2. The van der Waals surface area contributed by atoms with Crippen LogP contribution in [0.1, 0.15) is 10.4 Å². The first-order valence-corrected chi connectivity index (χ1v) is 9.67. The number of hydrogen-bond acceptors (Lipinski definition) is 7. The largest absolute Gasteiger partial charge is 0.495 e. The van der Waals surface area contributed by atoms with E-state index in [4.69, 9.17) is 30.5 Å². The lowest BCUT2D eigenvalue weighted by Gasteiger charge is -2.13. The van der Waals surface area contributed by atoms with Crippen molar-refractivity contribution in [2.45, 2.75) is 0 Å². The number of carbonyl (C=O) groups excluding carboxylic acids is 1. The highest BCUT2D eigenvalue weighted by Crippen LogP contribution is 2.38. The number of benzene rings is 2. The molecule has 2 aromatic carbocycles. The smallest absolute Gasteiger partial charge is 0.257 e. The number of anilines is 1. The molecule has 1 heterocycles. The fourth-order valence-corrected chi connectivity index (χ4v) is 3.64. The predicted molar refractivity (Wildman–Crippen MR) is 113 cm³/mol. The SMILES string of the molecule is COc1ccc(-c2csc(NC(=O)c3cc(OC)c(OC)c(OC)c3)n2)cc1Cl. The highest BCUT2D eigenvalue weighted by atomic mass is 35.5. The molecule has 0 bridgehead atoms. The maximum atomic E-state index is 12.7. The summed E-state index contributed by atoms with van der Waals surface area (Å²) >= 11 is 7.49. The van der Waals surface area contributed by atoms with Crippen molar-refractivity contribution in [2.75, 3.05) is 33.8 Å². The maximum Gasteiger partial charge on any atom is 0.257 e. The Morgan fingerprint density at radius 1 is 0.966 bits per heavy atom. The van der Waals surface area contributed by atoms with E-state index in [0.717, 1.165) is 5.56 Å². The number of amides is 1. The molecular formula is C20H19ClN2O5S. The van der Waals surface area contributed by atoms with Gasteiger partial charge in [-0.2, -0.15) is 0 Å². The average Bonchev–Trinajstić information content (AvgIpc) is 3.20. The van der Waals surface area contributed by atoms with Gasteiger partial charge in [-0.25, -0.2) is 4.98 Å². The Bertz CT molecular complexity index is 1010. The number of aromatic nitrogens is 1. The minimum atomic E-state index is -0.349. The van der Waals surface area contributed by atoms with Crippen LogP contribution in [-0.4, -0.2) is 39.3 Å². The Labute approximate surface area is 177 Å². The summed E-state index contributed by atoms with van der Waals surface area (Å²) in [7, 11) is 6.04. The second-order valence-corrected chi connectivity index (χ2v) is 7.02. The molecule has 0 aliphatic carbocycles. The van der Waals surface area contributed by atoms with Gasteiger partial charge in [-0.05, 0) is 30.3 Å². The highest BCUT2D eigenvalue weighted by Gasteiger charge is 2.18. The molecule has 0 aliphatic heterocycles. The van der Waals surface area contributed by atoms with Crippen LogP contribution < -0.4 is 24.3 Å². The lowest BCUT2D eigenvalue weighted by Crippen LogP contribution is -2.12. The molecular weight excluding hydrogens is 416 g/mol. The molecule has 1 aromatic heterocycles. The zero-order valence-corrected chi connectivity index (χ0v) is 17.8. The summed E-state index contributed by atoms with van der Waals surface area (Å²) in [6.07, 6.45) is 0. The minimum Gasteiger partial charge on any atom is -0.495 e. The van der Waals surface area contributed by atoms with E-state index in [-0.39, 0.29) is 5.91 Å². The van der Waals surface area contributed by atoms with Gasteiger partial charge in [-0.15, -0.1) is 11.3 Å². The first kappa shape index (κ1) is 20.8. The van der Waals surface area contributed by atoms with Crippen molar-refractivity contribution in [3.05, 3.63) is 46.3 Å². The van der Waals surface area contributed by atoms with Gasteiger partial charge in [0.15, 0.2) is 16.6 Å². The molecule has 1 amide bonds. The van der Waals surface area contributed by atoms with Crippen molar-refractivity contribution in [3.63, 3.8) is 0 Å². The van der Waals surface area contributed by atoms with Crippen LogP contribution in [0.3, 0.4) is 0 Å². The lowest BCUT2D eigenvalue weighted by atomic mass is 10.1. The van der Waals surface area contributed by atoms with E-state index in [2.05, 4.69) is 10.3 Å². The van der Waals surface area contributed by atoms with Crippen LogP contribution in [0.2, 0.25) is 5.02 Å². The lowest BCUT2D eigenvalue weighted by molar-refractivity contribution is 0.102. The van der Waals surface area contributed by atoms with Crippen LogP contribution in [-0.2, 0) is 0 Å². The van der Waals surface area contributed by atoms with Crippen molar-refractivity contribution in [1.29, 1.82) is 0 Å². The highest BCUT2D eigenvalue weighted by molar-refractivity contribution is 7.14. The Morgan fingerprint density at radius 2 is 1.62 bits per heavy atom. The molecule has 0 radical (unpaired) electrons. The molecule has 0 unspecified atom stereocenters. The number of thiazole rings is 1. The summed E-state index contributed by atoms with van der Waals surface area (Å²) in [6, 6.07) is 8.54. The van der Waals surface area contributed by atoms with E-state index >= 15 is 0 Å². The minimum absolute atomic E-state index is 0.349. The van der Waals surface area contributed by atoms with Crippen molar-refractivity contribution in [1.82, 2.24) is 4.98 Å². The van der Waals surface area contributed by atoms with E-state index in [1.165, 1.54) is 32.7 Å². The fourth-order valence-electron chi connectivity index (χ4n) is 2.67. The topological polar surface area (TPSA) is 78.9 Å². The van der Waals surface area contributed by atoms with Gasteiger partial charge in [0.05, 0.1) is 39.2 Å². The fraction of sp³-hybridized carbons (Fsp3) is 0.200. The van der Waals surface area contributed by atoms with Gasteiger partial charge >= 0.3 is 0 Å². The van der Waals surface area contributed by atoms with Crippen molar-refractivity contribution in [3.8, 4) is 34.3 Å². The molecule has 3 rings (SSSR count). The van der Waals surface area contributed by atoms with Gasteiger partial charge in [-0.1, -0.05) is 11.6 Å². The summed E-state index contributed by atoms with van der Waals surface area (Å²) in [5, 5.41) is 5.56. The summed E-state index contributed by atoms with van der Waals surface area (Å²) < 4.78 is 21.0. The van der Waals surface area contributed by atoms with Gasteiger partial charge in [0.2, 0.25) is 5.75 Å². The average molecular weight is 435 g/mol. The standard InChI is InChI=1S/C20H19ClN2O5S/c1-25-15-6-5-11(7-13(15)21)14-10-29-20(22-14)23-19(24)12-8-16(26-2)18(28-4)17(9-12)27-3/h5-10H,1-4H3,(H,22,23,24).